The molecule has 1 aliphatic rings. The van der Waals surface area contributed by atoms with Crippen molar-refractivity contribution in [3.8, 4) is 35.5 Å². The van der Waals surface area contributed by atoms with E-state index in [1.54, 1.807) is 0 Å². The number of allylic oxidation sites excluding steroid dienone is 6. The number of rotatable bonds is 6. The summed E-state index contributed by atoms with van der Waals surface area (Å²) in [5.74, 6) is 20.2. The van der Waals surface area contributed by atoms with Crippen LogP contribution in [0.2, 0.25) is 0 Å². The average molecular weight is 709 g/mol. The van der Waals surface area contributed by atoms with Crippen LogP contribution >= 0.6 is 0 Å². The van der Waals surface area contributed by atoms with Crippen LogP contribution in [0.3, 0.4) is 0 Å². The molecule has 0 aliphatic heterocycles. The Labute approximate surface area is 328 Å². The number of anilines is 2. The van der Waals surface area contributed by atoms with Gasteiger partial charge in [-0.1, -0.05) is 216 Å². The Morgan fingerprint density at radius 2 is 0.393 bits per heavy atom. The van der Waals surface area contributed by atoms with Crippen molar-refractivity contribution in [2.45, 2.75) is 0 Å². The highest BCUT2D eigenvalue weighted by Gasteiger charge is 2.05. The van der Waals surface area contributed by atoms with E-state index < -0.39 is 0 Å². The van der Waals surface area contributed by atoms with Crippen molar-refractivity contribution in [3.63, 3.8) is 0 Å². The van der Waals surface area contributed by atoms with Gasteiger partial charge in [0.15, 0.2) is 0 Å². The molecule has 6 aromatic carbocycles. The van der Waals surface area contributed by atoms with Gasteiger partial charge in [-0.15, -0.1) is 0 Å². The van der Waals surface area contributed by atoms with Crippen molar-refractivity contribution in [2.75, 3.05) is 11.5 Å². The van der Waals surface area contributed by atoms with Crippen molar-refractivity contribution >= 4 is 44.8 Å². The molecule has 0 heterocycles. The van der Waals surface area contributed by atoms with E-state index in [1.807, 2.05) is 170 Å². The molecule has 0 amide bonds. The first kappa shape index (κ1) is 35.9. The molecule has 0 aromatic heterocycles. The van der Waals surface area contributed by atoms with Gasteiger partial charge in [0.1, 0.15) is 0 Å². The summed E-state index contributed by atoms with van der Waals surface area (Å²) in [6, 6.07) is 54.6. The van der Waals surface area contributed by atoms with Crippen LogP contribution in [0, 0.1) is 35.5 Å². The fraction of sp³-hybridized carbons (Fsp3) is 0. The highest BCUT2D eigenvalue weighted by molar-refractivity contribution is 5.91. The van der Waals surface area contributed by atoms with E-state index in [0.717, 1.165) is 33.4 Å². The van der Waals surface area contributed by atoms with E-state index in [1.165, 1.54) is 0 Å². The molecule has 0 fully saturated rings. The zero-order valence-electron chi connectivity index (χ0n) is 30.3. The second kappa shape index (κ2) is 17.8. The monoisotopic (exact) mass is 708 g/mol. The zero-order valence-corrected chi connectivity index (χ0v) is 30.3. The molecule has 2 heteroatoms. The molecular weight excluding hydrogens is 677 g/mol. The third-order valence-electron chi connectivity index (χ3n) is 8.52. The lowest BCUT2D eigenvalue weighted by Gasteiger charge is -2.01. The SMILES string of the molecule is Nc1ccc(C2=C=C=C(c3ccccc3)C#CC(c3ccccc3)=C=C=C(c3ccc(N)cc3)C#CC(c3ccccc3)=C=C=C(c3ccccc3)C#C2)cc1. The van der Waals surface area contributed by atoms with Crippen molar-refractivity contribution in [1.82, 2.24) is 0 Å². The van der Waals surface area contributed by atoms with Crippen LogP contribution in [0.15, 0.2) is 204 Å². The molecule has 6 aromatic rings. The predicted molar refractivity (Wildman–Crippen MR) is 232 cm³/mol. The lowest BCUT2D eigenvalue weighted by atomic mass is 10.0. The minimum atomic E-state index is 0.596. The van der Waals surface area contributed by atoms with Gasteiger partial charge in [-0.25, -0.2) is 0 Å². The highest BCUT2D eigenvalue weighted by atomic mass is 14.5. The Morgan fingerprint density at radius 1 is 0.214 bits per heavy atom. The first-order chi connectivity index (χ1) is 27.6. The molecule has 56 heavy (non-hydrogen) atoms. The van der Waals surface area contributed by atoms with Crippen LogP contribution in [0.25, 0.3) is 33.4 Å². The molecule has 1 aliphatic carbocycles. The van der Waals surface area contributed by atoms with E-state index >= 15 is 0 Å². The summed E-state index contributed by atoms with van der Waals surface area (Å²) in [5, 5.41) is 0. The molecule has 0 saturated heterocycles. The molecule has 2 nitrogen and oxygen atoms in total. The molecule has 7 rings (SSSR count). The molecule has 0 atom stereocenters. The van der Waals surface area contributed by atoms with Crippen LogP contribution in [-0.2, 0) is 0 Å². The first-order valence-electron chi connectivity index (χ1n) is 17.9. The molecule has 0 bridgehead atoms. The van der Waals surface area contributed by atoms with Gasteiger partial charge in [-0.2, -0.15) is 0 Å². The number of benzene rings is 6. The summed E-state index contributed by atoms with van der Waals surface area (Å²) in [6.07, 6.45) is 0. The van der Waals surface area contributed by atoms with Crippen molar-refractivity contribution in [1.29, 1.82) is 0 Å². The number of hydrogen-bond donors (Lipinski definition) is 2. The average Bonchev–Trinajstić information content (AvgIpc) is 3.25. The summed E-state index contributed by atoms with van der Waals surface area (Å²) in [6.45, 7) is 0. The molecular formula is C54H32N2. The van der Waals surface area contributed by atoms with Gasteiger partial charge < -0.3 is 11.5 Å². The van der Waals surface area contributed by atoms with Gasteiger partial charge in [0, 0.05) is 11.4 Å². The Bertz CT molecular complexity index is 2720. The summed E-state index contributed by atoms with van der Waals surface area (Å²) in [4.78, 5) is 0. The number of hydrogen-bond acceptors (Lipinski definition) is 2. The van der Waals surface area contributed by atoms with Gasteiger partial charge in [-0.3, -0.25) is 0 Å². The van der Waals surface area contributed by atoms with E-state index in [4.69, 9.17) is 11.5 Å². The van der Waals surface area contributed by atoms with Crippen LogP contribution in [0.1, 0.15) is 33.4 Å². The van der Waals surface area contributed by atoms with E-state index in [-0.39, 0.29) is 0 Å². The summed E-state index contributed by atoms with van der Waals surface area (Å²) >= 11 is 0. The third kappa shape index (κ3) is 9.48. The van der Waals surface area contributed by atoms with E-state index in [0.29, 0.717) is 44.8 Å². The minimum Gasteiger partial charge on any atom is -0.399 e. The van der Waals surface area contributed by atoms with Crippen molar-refractivity contribution in [2.24, 2.45) is 0 Å². The molecule has 0 saturated carbocycles. The van der Waals surface area contributed by atoms with Gasteiger partial charge >= 0.3 is 0 Å². The zero-order chi connectivity index (χ0) is 38.4. The molecule has 0 unspecified atom stereocenters. The van der Waals surface area contributed by atoms with Crippen LogP contribution in [0.5, 0.6) is 0 Å². The van der Waals surface area contributed by atoms with Crippen LogP contribution < -0.4 is 11.5 Å². The van der Waals surface area contributed by atoms with Crippen LogP contribution in [0.4, 0.5) is 11.4 Å². The van der Waals surface area contributed by atoms with E-state index in [2.05, 4.69) is 69.9 Å². The minimum absolute atomic E-state index is 0.596. The maximum atomic E-state index is 6.09. The fourth-order valence-corrected chi connectivity index (χ4v) is 5.52. The summed E-state index contributed by atoms with van der Waals surface area (Å²) in [5.41, 5.74) is 42.5. The number of nitrogen functional groups attached to an aromatic ring is 2. The predicted octanol–water partition coefficient (Wildman–Crippen LogP) is 10.9. The quantitative estimate of drug-likeness (QED) is 0.103. The van der Waals surface area contributed by atoms with Gasteiger partial charge in [0.2, 0.25) is 0 Å². The third-order valence-corrected chi connectivity index (χ3v) is 8.52. The molecule has 0 spiro atoms. The van der Waals surface area contributed by atoms with Crippen molar-refractivity contribution < 1.29 is 0 Å². The Balaban J connectivity index is 1.65. The topological polar surface area (TPSA) is 52.0 Å². The standard InChI is InChI=1S/C54H32N2/c55-53-37-33-51(34-38-53)49-29-25-45(41-13-5-1-6-14-41)21-22-46(42-15-7-2-8-16-42)26-31-50(52-35-39-54(56)40-36-52)32-28-48(44-19-11-4-12-20-44)24-23-47(27-30-49)43-17-9-3-10-18-43/h1-20,33-40H,55-56H2. The van der Waals surface area contributed by atoms with Gasteiger partial charge in [-0.05, 0) is 57.6 Å². The fourth-order valence-electron chi connectivity index (χ4n) is 5.52. The second-order valence-corrected chi connectivity index (χ2v) is 12.5. The van der Waals surface area contributed by atoms with Crippen LogP contribution in [-0.4, -0.2) is 0 Å². The largest absolute Gasteiger partial charge is 0.399 e. The molecule has 258 valence electrons. The van der Waals surface area contributed by atoms with E-state index in [9.17, 15) is 0 Å². The Kier molecular flexibility index (Phi) is 11.4. The Morgan fingerprint density at radius 3 is 0.589 bits per heavy atom. The van der Waals surface area contributed by atoms with Crippen molar-refractivity contribution in [3.05, 3.63) is 238 Å². The normalized spacial score (nSPS) is 12.2. The lowest BCUT2D eigenvalue weighted by Crippen LogP contribution is -1.86. The summed E-state index contributed by atoms with van der Waals surface area (Å²) in [7, 11) is 0. The smallest absolute Gasteiger partial charge is 0.0824 e. The summed E-state index contributed by atoms with van der Waals surface area (Å²) < 4.78 is 0. The van der Waals surface area contributed by atoms with Gasteiger partial charge in [0.25, 0.3) is 0 Å². The lowest BCUT2D eigenvalue weighted by molar-refractivity contribution is 1.62. The Hall–Kier alpha value is -8.50. The highest BCUT2D eigenvalue weighted by Crippen LogP contribution is 2.21. The number of nitrogens with two attached hydrogens (primary N) is 2. The molecule has 4 N–H and O–H groups in total. The first-order valence-corrected chi connectivity index (χ1v) is 17.9. The maximum Gasteiger partial charge on any atom is 0.0824 e. The molecule has 0 radical (unpaired) electrons. The van der Waals surface area contributed by atoms with Gasteiger partial charge in [0.05, 0.1) is 33.4 Å². The second-order valence-electron chi connectivity index (χ2n) is 12.5. The maximum absolute atomic E-state index is 6.09.